The summed E-state index contributed by atoms with van der Waals surface area (Å²) in [6.45, 7) is 1.000. The number of sulfone groups is 1. The third-order valence-electron chi connectivity index (χ3n) is 5.55. The SMILES string of the molecule is COc1ccc(S(=O)(=O)c2cccs2)cc1CC1CCCN[C@@H]1c1ccccc1. The minimum absolute atomic E-state index is 0.257. The van der Waals surface area contributed by atoms with Gasteiger partial charge in [-0.3, -0.25) is 0 Å². The summed E-state index contributed by atoms with van der Waals surface area (Å²) in [5, 5.41) is 5.44. The Hall–Kier alpha value is -2.15. The molecule has 1 saturated heterocycles. The van der Waals surface area contributed by atoms with Gasteiger partial charge in [0, 0.05) is 6.04 Å². The van der Waals surface area contributed by atoms with E-state index in [2.05, 4.69) is 29.6 Å². The first-order valence-corrected chi connectivity index (χ1v) is 12.2. The quantitative estimate of drug-likeness (QED) is 0.610. The van der Waals surface area contributed by atoms with E-state index in [0.29, 0.717) is 15.0 Å². The van der Waals surface area contributed by atoms with Crippen LogP contribution in [0.2, 0.25) is 0 Å². The summed E-state index contributed by atoms with van der Waals surface area (Å²) in [6, 6.07) is 19.4. The van der Waals surface area contributed by atoms with Crippen molar-refractivity contribution in [3.63, 3.8) is 0 Å². The van der Waals surface area contributed by atoms with Crippen molar-refractivity contribution in [1.29, 1.82) is 0 Å². The molecule has 0 spiro atoms. The van der Waals surface area contributed by atoms with Crippen LogP contribution in [0.1, 0.15) is 30.0 Å². The van der Waals surface area contributed by atoms with E-state index in [9.17, 15) is 8.42 Å². The molecule has 2 aromatic carbocycles. The Morgan fingerprint density at radius 2 is 1.93 bits per heavy atom. The second-order valence-corrected chi connectivity index (χ2v) is 10.5. The molecular weight excluding hydrogens is 402 g/mol. The van der Waals surface area contributed by atoms with Gasteiger partial charge < -0.3 is 10.1 Å². The van der Waals surface area contributed by atoms with Crippen LogP contribution in [0.5, 0.6) is 5.75 Å². The highest BCUT2D eigenvalue weighted by Crippen LogP contribution is 2.36. The normalized spacial score (nSPS) is 19.8. The van der Waals surface area contributed by atoms with Crippen LogP contribution >= 0.6 is 11.3 Å². The van der Waals surface area contributed by atoms with Gasteiger partial charge in [0.2, 0.25) is 9.84 Å². The molecular formula is C23H25NO3S2. The maximum absolute atomic E-state index is 13.0. The predicted molar refractivity (Wildman–Crippen MR) is 116 cm³/mol. The van der Waals surface area contributed by atoms with Crippen molar-refractivity contribution in [3.05, 3.63) is 77.2 Å². The molecule has 0 aliphatic carbocycles. The van der Waals surface area contributed by atoms with Crippen molar-refractivity contribution < 1.29 is 13.2 Å². The number of methoxy groups -OCH3 is 1. The van der Waals surface area contributed by atoms with Gasteiger partial charge in [-0.05, 0) is 72.5 Å². The van der Waals surface area contributed by atoms with E-state index in [-0.39, 0.29) is 6.04 Å². The molecule has 152 valence electrons. The maximum atomic E-state index is 13.0. The highest BCUT2D eigenvalue weighted by atomic mass is 32.2. The van der Waals surface area contributed by atoms with Crippen molar-refractivity contribution in [2.45, 2.75) is 34.4 Å². The van der Waals surface area contributed by atoms with Crippen LogP contribution in [0.3, 0.4) is 0 Å². The van der Waals surface area contributed by atoms with Gasteiger partial charge in [0.05, 0.1) is 12.0 Å². The molecule has 1 N–H and O–H groups in total. The smallest absolute Gasteiger partial charge is 0.215 e. The van der Waals surface area contributed by atoms with Gasteiger partial charge in [-0.15, -0.1) is 11.3 Å². The number of thiophene rings is 1. The second-order valence-electron chi connectivity index (χ2n) is 7.36. The number of ether oxygens (including phenoxy) is 1. The van der Waals surface area contributed by atoms with Crippen molar-refractivity contribution in [1.82, 2.24) is 5.32 Å². The zero-order valence-electron chi connectivity index (χ0n) is 16.4. The lowest BCUT2D eigenvalue weighted by Crippen LogP contribution is -2.35. The number of hydrogen-bond acceptors (Lipinski definition) is 5. The van der Waals surface area contributed by atoms with Gasteiger partial charge in [-0.1, -0.05) is 36.4 Å². The predicted octanol–water partition coefficient (Wildman–Crippen LogP) is 4.87. The van der Waals surface area contributed by atoms with Crippen LogP contribution in [-0.4, -0.2) is 22.1 Å². The summed E-state index contributed by atoms with van der Waals surface area (Å²) < 4.78 is 31.9. The van der Waals surface area contributed by atoms with Gasteiger partial charge in [-0.2, -0.15) is 0 Å². The monoisotopic (exact) mass is 427 g/mol. The Kier molecular flexibility index (Phi) is 6.04. The maximum Gasteiger partial charge on any atom is 0.215 e. The highest BCUT2D eigenvalue weighted by molar-refractivity contribution is 7.93. The Labute approximate surface area is 176 Å². The standard InChI is InChI=1S/C23H25NO3S2/c1-27-21-12-11-20(29(25,26)22-10-6-14-28-22)16-19(21)15-18-9-5-13-24-23(18)17-7-3-2-4-8-17/h2-4,6-8,10-12,14,16,18,23-24H,5,9,13,15H2,1H3/t18?,23-/m1/s1. The van der Waals surface area contributed by atoms with Crippen molar-refractivity contribution >= 4 is 21.2 Å². The van der Waals surface area contributed by atoms with Crippen LogP contribution in [0.25, 0.3) is 0 Å². The van der Waals surface area contributed by atoms with E-state index < -0.39 is 9.84 Å². The fourth-order valence-corrected chi connectivity index (χ4v) is 6.57. The van der Waals surface area contributed by atoms with Gasteiger partial charge in [0.15, 0.2) is 0 Å². The summed E-state index contributed by atoms with van der Waals surface area (Å²) in [5.74, 6) is 1.12. The van der Waals surface area contributed by atoms with Gasteiger partial charge in [0.1, 0.15) is 9.96 Å². The number of hydrogen-bond donors (Lipinski definition) is 1. The molecule has 0 amide bonds. The topological polar surface area (TPSA) is 55.4 Å². The Bertz CT molecular complexity index is 1050. The first kappa shape index (κ1) is 20.1. The zero-order valence-corrected chi connectivity index (χ0v) is 18.0. The lowest BCUT2D eigenvalue weighted by Gasteiger charge is -2.33. The van der Waals surface area contributed by atoms with E-state index in [1.807, 2.05) is 6.07 Å². The molecule has 0 bridgehead atoms. The van der Waals surface area contributed by atoms with Gasteiger partial charge >= 0.3 is 0 Å². The lowest BCUT2D eigenvalue weighted by molar-refractivity contribution is 0.279. The summed E-state index contributed by atoms with van der Waals surface area (Å²) >= 11 is 1.24. The molecule has 1 fully saturated rings. The Morgan fingerprint density at radius 1 is 1.10 bits per heavy atom. The minimum Gasteiger partial charge on any atom is -0.496 e. The largest absolute Gasteiger partial charge is 0.496 e. The molecule has 1 unspecified atom stereocenters. The zero-order chi connectivity index (χ0) is 20.3. The van der Waals surface area contributed by atoms with E-state index in [1.54, 1.807) is 42.8 Å². The van der Waals surface area contributed by atoms with E-state index >= 15 is 0 Å². The van der Waals surface area contributed by atoms with Gasteiger partial charge in [-0.25, -0.2) is 8.42 Å². The average molecular weight is 428 g/mol. The molecule has 4 rings (SSSR count). The minimum atomic E-state index is -3.50. The van der Waals surface area contributed by atoms with Crippen molar-refractivity contribution in [3.8, 4) is 5.75 Å². The lowest BCUT2D eigenvalue weighted by atomic mass is 9.82. The van der Waals surface area contributed by atoms with Crippen LogP contribution in [-0.2, 0) is 16.3 Å². The van der Waals surface area contributed by atoms with Gasteiger partial charge in [0.25, 0.3) is 0 Å². The van der Waals surface area contributed by atoms with Crippen LogP contribution in [0.15, 0.2) is 75.1 Å². The first-order valence-electron chi connectivity index (χ1n) is 9.83. The van der Waals surface area contributed by atoms with Crippen LogP contribution in [0, 0.1) is 5.92 Å². The van der Waals surface area contributed by atoms with E-state index in [0.717, 1.165) is 37.1 Å². The molecule has 0 radical (unpaired) electrons. The fraction of sp³-hybridized carbons (Fsp3) is 0.304. The number of nitrogens with one attached hydrogen (secondary N) is 1. The molecule has 1 aromatic heterocycles. The fourth-order valence-electron chi connectivity index (χ4n) is 4.12. The van der Waals surface area contributed by atoms with E-state index in [4.69, 9.17) is 4.74 Å². The van der Waals surface area contributed by atoms with Crippen LogP contribution < -0.4 is 10.1 Å². The molecule has 2 atom stereocenters. The van der Waals surface area contributed by atoms with E-state index in [1.165, 1.54) is 16.9 Å². The summed E-state index contributed by atoms with van der Waals surface area (Å²) in [5.41, 5.74) is 2.22. The summed E-state index contributed by atoms with van der Waals surface area (Å²) in [4.78, 5) is 0.329. The molecule has 1 aliphatic heterocycles. The number of rotatable bonds is 6. The first-order chi connectivity index (χ1) is 14.1. The Morgan fingerprint density at radius 3 is 2.66 bits per heavy atom. The highest BCUT2D eigenvalue weighted by Gasteiger charge is 2.28. The molecule has 2 heterocycles. The van der Waals surface area contributed by atoms with Crippen LogP contribution in [0.4, 0.5) is 0 Å². The Balaban J connectivity index is 1.67. The number of piperidine rings is 1. The molecule has 0 saturated carbocycles. The second kappa shape index (κ2) is 8.69. The summed E-state index contributed by atoms with van der Waals surface area (Å²) in [7, 11) is -1.86. The van der Waals surface area contributed by atoms with Crippen molar-refractivity contribution in [2.24, 2.45) is 5.92 Å². The molecule has 4 nitrogen and oxygen atoms in total. The number of benzene rings is 2. The van der Waals surface area contributed by atoms with Crippen molar-refractivity contribution in [2.75, 3.05) is 13.7 Å². The third kappa shape index (κ3) is 4.25. The molecule has 3 aromatic rings. The third-order valence-corrected chi connectivity index (χ3v) is 8.70. The molecule has 29 heavy (non-hydrogen) atoms. The molecule has 1 aliphatic rings. The summed E-state index contributed by atoms with van der Waals surface area (Å²) in [6.07, 6.45) is 2.98. The average Bonchev–Trinajstić information content (AvgIpc) is 3.31. The molecule has 6 heteroatoms.